The number of piperidine rings is 1. The molecule has 252 valence electrons. The molecule has 45 heavy (non-hydrogen) atoms. The average molecular weight is 662 g/mol. The fourth-order valence-electron chi connectivity index (χ4n) is 5.34. The van der Waals surface area contributed by atoms with E-state index in [1.165, 1.54) is 11.0 Å². The Morgan fingerprint density at radius 3 is 2.36 bits per heavy atom. The molecule has 1 aliphatic heterocycles. The molecule has 0 spiro atoms. The lowest BCUT2D eigenvalue weighted by Crippen LogP contribution is -2.65. The summed E-state index contributed by atoms with van der Waals surface area (Å²) < 4.78 is 55.9. The van der Waals surface area contributed by atoms with Gasteiger partial charge in [-0.1, -0.05) is 36.4 Å². The van der Waals surface area contributed by atoms with Crippen molar-refractivity contribution < 1.29 is 46.6 Å². The van der Waals surface area contributed by atoms with Crippen LogP contribution in [0, 0.1) is 5.92 Å². The van der Waals surface area contributed by atoms with Gasteiger partial charge >= 0.3 is 18.2 Å². The summed E-state index contributed by atoms with van der Waals surface area (Å²) in [7, 11) is 1.03. The number of halogens is 4. The monoisotopic (exact) mass is 661 g/mol. The van der Waals surface area contributed by atoms with Gasteiger partial charge in [0, 0.05) is 18.1 Å². The molecule has 1 aromatic carbocycles. The maximum Gasteiger partial charge on any atom is 0.408 e. The summed E-state index contributed by atoms with van der Waals surface area (Å²) in [6.07, 6.45) is -6.44. The highest BCUT2D eigenvalue weighted by Gasteiger charge is 2.44. The van der Waals surface area contributed by atoms with Crippen LogP contribution in [0.4, 0.5) is 18.0 Å². The van der Waals surface area contributed by atoms with E-state index >= 15 is 0 Å². The maximum atomic E-state index is 14.0. The molecule has 10 nitrogen and oxygen atoms in total. The molecule has 1 aromatic rings. The van der Waals surface area contributed by atoms with Crippen LogP contribution in [0.5, 0.6) is 0 Å². The first-order chi connectivity index (χ1) is 20.9. The van der Waals surface area contributed by atoms with Crippen molar-refractivity contribution in [2.45, 2.75) is 89.3 Å². The van der Waals surface area contributed by atoms with Crippen molar-refractivity contribution in [3.05, 3.63) is 47.5 Å². The molecule has 3 amide bonds. The van der Waals surface area contributed by atoms with E-state index in [9.17, 15) is 32.3 Å². The summed E-state index contributed by atoms with van der Waals surface area (Å²) >= 11 is 6.07. The molecule has 1 saturated heterocycles. The van der Waals surface area contributed by atoms with Crippen LogP contribution >= 0.6 is 11.6 Å². The van der Waals surface area contributed by atoms with E-state index in [1.807, 2.05) is 0 Å². The Bertz CT molecular complexity index is 1190. The minimum atomic E-state index is -4.71. The number of benzene rings is 1. The minimum absolute atomic E-state index is 0.100. The molecule has 0 radical (unpaired) electrons. The van der Waals surface area contributed by atoms with Crippen molar-refractivity contribution in [1.82, 2.24) is 15.5 Å². The Balaban J connectivity index is 2.47. The predicted molar refractivity (Wildman–Crippen MR) is 161 cm³/mol. The maximum absolute atomic E-state index is 14.0. The Morgan fingerprint density at radius 2 is 1.80 bits per heavy atom. The molecule has 3 unspecified atom stereocenters. The van der Waals surface area contributed by atoms with Crippen LogP contribution < -0.4 is 10.6 Å². The Kier molecular flexibility index (Phi) is 13.7. The number of nitrogens with one attached hydrogen (secondary N) is 2. The van der Waals surface area contributed by atoms with E-state index in [0.717, 1.165) is 12.7 Å². The summed E-state index contributed by atoms with van der Waals surface area (Å²) in [6.45, 7) is 10.3. The van der Waals surface area contributed by atoms with Gasteiger partial charge in [0.1, 0.15) is 12.6 Å². The number of hydrogen-bond acceptors (Lipinski definition) is 7. The number of alkyl halides is 3. The van der Waals surface area contributed by atoms with E-state index in [0.29, 0.717) is 17.9 Å². The molecule has 2 N–H and O–H groups in total. The summed E-state index contributed by atoms with van der Waals surface area (Å²) in [4.78, 5) is 53.2. The zero-order chi connectivity index (χ0) is 34.0. The zero-order valence-electron chi connectivity index (χ0n) is 26.3. The molecular formula is C31H43ClF3N3O7. The van der Waals surface area contributed by atoms with Crippen LogP contribution in [-0.4, -0.2) is 85.0 Å². The largest absolute Gasteiger partial charge is 0.469 e. The number of hydrogen-bond donors (Lipinski definition) is 2. The van der Waals surface area contributed by atoms with E-state index in [-0.39, 0.29) is 26.1 Å². The molecule has 0 bridgehead atoms. The molecule has 0 aromatic heterocycles. The van der Waals surface area contributed by atoms with Gasteiger partial charge in [0.2, 0.25) is 11.8 Å². The summed E-state index contributed by atoms with van der Waals surface area (Å²) in [6, 6.07) is 5.57. The van der Waals surface area contributed by atoms with Crippen LogP contribution in [-0.2, 0) is 35.0 Å². The zero-order valence-corrected chi connectivity index (χ0v) is 27.1. The lowest BCUT2D eigenvalue weighted by molar-refractivity contribution is -0.165. The normalized spacial score (nSPS) is 19.1. The van der Waals surface area contributed by atoms with Gasteiger partial charge in [0.15, 0.2) is 0 Å². The van der Waals surface area contributed by atoms with Gasteiger partial charge in [-0.15, -0.1) is 0 Å². The third-order valence-electron chi connectivity index (χ3n) is 7.10. The smallest absolute Gasteiger partial charge is 0.408 e. The van der Waals surface area contributed by atoms with Crippen molar-refractivity contribution in [2.24, 2.45) is 5.92 Å². The molecular weight excluding hydrogens is 619 g/mol. The van der Waals surface area contributed by atoms with Crippen LogP contribution in [0.15, 0.2) is 36.9 Å². The molecule has 2 rings (SSSR count). The van der Waals surface area contributed by atoms with Gasteiger partial charge in [0.05, 0.1) is 43.1 Å². The van der Waals surface area contributed by atoms with Crippen molar-refractivity contribution in [1.29, 1.82) is 0 Å². The second kappa shape index (κ2) is 16.3. The predicted octanol–water partition coefficient (Wildman–Crippen LogP) is 4.98. The van der Waals surface area contributed by atoms with Gasteiger partial charge in [-0.25, -0.2) is 4.79 Å². The van der Waals surface area contributed by atoms with Crippen molar-refractivity contribution in [2.75, 3.05) is 26.8 Å². The molecule has 1 heterocycles. The van der Waals surface area contributed by atoms with Crippen molar-refractivity contribution in [3.63, 3.8) is 0 Å². The van der Waals surface area contributed by atoms with Crippen LogP contribution in [0.2, 0.25) is 5.02 Å². The number of likely N-dealkylation sites (tertiary alicyclic amines) is 1. The Labute approximate surface area is 267 Å². The van der Waals surface area contributed by atoms with E-state index in [2.05, 4.69) is 21.9 Å². The average Bonchev–Trinajstić information content (AvgIpc) is 2.93. The Hall–Kier alpha value is -3.32. The molecule has 0 saturated carbocycles. The number of rotatable bonds is 13. The van der Waals surface area contributed by atoms with Crippen LogP contribution in [0.3, 0.4) is 0 Å². The number of nitrogens with zero attached hydrogens (tertiary/aromatic N) is 1. The number of carbonyl (C=O) groups excluding carboxylic acids is 4. The SMILES string of the molecule is C=CCOC(=O)NC(C(=O)N[C@@]1(Cc2ccc(Cl)cc2)CCCN(C(=O)C(CC(=O)OC)CC(F)(F)F)C1)C(C)OC(C)(C)C. The topological polar surface area (TPSA) is 123 Å². The fraction of sp³-hybridized carbons (Fsp3) is 0.613. The number of carbonyl (C=O) groups is 4. The Morgan fingerprint density at radius 1 is 1.16 bits per heavy atom. The van der Waals surface area contributed by atoms with E-state index in [1.54, 1.807) is 52.0 Å². The highest BCUT2D eigenvalue weighted by molar-refractivity contribution is 6.30. The molecule has 14 heteroatoms. The number of amides is 3. The molecule has 1 fully saturated rings. The summed E-state index contributed by atoms with van der Waals surface area (Å²) in [5.74, 6) is -4.17. The third-order valence-corrected chi connectivity index (χ3v) is 7.35. The van der Waals surface area contributed by atoms with Crippen LogP contribution in [0.1, 0.15) is 58.9 Å². The van der Waals surface area contributed by atoms with Gasteiger partial charge in [-0.05, 0) is 64.7 Å². The summed E-state index contributed by atoms with van der Waals surface area (Å²) in [5.41, 5.74) is -1.11. The van der Waals surface area contributed by atoms with Crippen molar-refractivity contribution in [3.8, 4) is 0 Å². The molecule has 1 aliphatic rings. The van der Waals surface area contributed by atoms with Gasteiger partial charge in [-0.3, -0.25) is 14.4 Å². The van der Waals surface area contributed by atoms with E-state index < -0.39 is 72.1 Å². The first-order valence-corrected chi connectivity index (χ1v) is 15.0. The fourth-order valence-corrected chi connectivity index (χ4v) is 5.46. The van der Waals surface area contributed by atoms with Gasteiger partial charge < -0.3 is 29.7 Å². The first-order valence-electron chi connectivity index (χ1n) is 14.6. The number of methoxy groups -OCH3 is 1. The van der Waals surface area contributed by atoms with Gasteiger partial charge in [0.25, 0.3) is 0 Å². The highest BCUT2D eigenvalue weighted by Crippen LogP contribution is 2.32. The lowest BCUT2D eigenvalue weighted by atomic mass is 9.82. The lowest BCUT2D eigenvalue weighted by Gasteiger charge is -2.45. The first kappa shape index (κ1) is 37.9. The number of ether oxygens (including phenoxy) is 3. The van der Waals surface area contributed by atoms with Crippen LogP contribution in [0.25, 0.3) is 0 Å². The van der Waals surface area contributed by atoms with Crippen molar-refractivity contribution >= 4 is 35.5 Å². The quantitative estimate of drug-likeness (QED) is 0.226. The second-order valence-electron chi connectivity index (χ2n) is 12.2. The number of alkyl carbamates (subject to hydrolysis) is 1. The minimum Gasteiger partial charge on any atom is -0.469 e. The highest BCUT2D eigenvalue weighted by atomic mass is 35.5. The molecule has 0 aliphatic carbocycles. The third kappa shape index (κ3) is 12.9. The second-order valence-corrected chi connectivity index (χ2v) is 12.6. The number of esters is 1. The van der Waals surface area contributed by atoms with Gasteiger partial charge in [-0.2, -0.15) is 13.2 Å². The molecule has 4 atom stereocenters. The van der Waals surface area contributed by atoms with E-state index in [4.69, 9.17) is 21.1 Å². The summed E-state index contributed by atoms with van der Waals surface area (Å²) in [5, 5.41) is 6.01. The standard InChI is InChI=1S/C31H43ClF3N3O7/c1-7-15-44-28(42)36-25(20(2)45-29(3,4)5)26(40)37-30(17-21-9-11-23(32)12-10-21)13-8-14-38(19-30)27(41)22(16-24(39)43-6)18-31(33,34)35/h7,9-12,20,22,25H,1,8,13-19H2,2-6H3,(H,36,42)(H,37,40)/t20?,22?,25?,30-/m1/s1.